The van der Waals surface area contributed by atoms with Gasteiger partial charge in [-0.2, -0.15) is 0 Å². The number of carbonyl (C=O) groups excluding carboxylic acids is 6. The van der Waals surface area contributed by atoms with Crippen molar-refractivity contribution in [1.82, 2.24) is 9.80 Å². The van der Waals surface area contributed by atoms with E-state index in [9.17, 15) is 33.9 Å². The summed E-state index contributed by atoms with van der Waals surface area (Å²) in [4.78, 5) is 73.4. The zero-order chi connectivity index (χ0) is 45.1. The molecular formula is C36H49BBr2Cl2N4NaO13. The van der Waals surface area contributed by atoms with Crippen LogP contribution in [0.4, 0.5) is 21.0 Å². The Balaban J connectivity index is 0. The van der Waals surface area contributed by atoms with Crippen molar-refractivity contribution in [1.29, 1.82) is 0 Å². The fraction of sp³-hybridized carbons (Fsp3) is 0.500. The van der Waals surface area contributed by atoms with Crippen molar-refractivity contribution in [3.8, 4) is 11.5 Å². The van der Waals surface area contributed by atoms with E-state index in [0.29, 0.717) is 63.3 Å². The summed E-state index contributed by atoms with van der Waals surface area (Å²) in [6, 6.07) is 6.17. The molecule has 17 nitrogen and oxygen atoms in total. The normalized spacial score (nSPS) is 13.0. The molecule has 0 bridgehead atoms. The number of carbonyl (C=O) groups is 6. The first-order valence-electron chi connectivity index (χ1n) is 17.1. The monoisotopic (exact) mass is 1010 g/mol. The van der Waals surface area contributed by atoms with Crippen molar-refractivity contribution in [3.63, 3.8) is 0 Å². The van der Waals surface area contributed by atoms with E-state index in [1.54, 1.807) is 17.0 Å². The van der Waals surface area contributed by atoms with E-state index in [-0.39, 0.29) is 64.8 Å². The molecule has 59 heavy (non-hydrogen) atoms. The molecule has 2 amide bonds. The Hall–Kier alpha value is -3.14. The Bertz CT molecular complexity index is 1660. The van der Waals surface area contributed by atoms with Crippen LogP contribution in [0.3, 0.4) is 0 Å². The van der Waals surface area contributed by atoms with Gasteiger partial charge in [0.15, 0.2) is 0 Å². The number of hydrogen-bond donors (Lipinski definition) is 4. The molecule has 2 saturated heterocycles. The number of nitrogens with one attached hydrogen (secondary N) is 1. The number of hydrogen-bond acceptors (Lipinski definition) is 15. The van der Waals surface area contributed by atoms with Crippen LogP contribution in [-0.2, 0) is 43.1 Å². The quantitative estimate of drug-likeness (QED) is 0.0840. The number of ether oxygens (including phenoxy) is 2. The summed E-state index contributed by atoms with van der Waals surface area (Å²) >= 11 is 18.0. The van der Waals surface area contributed by atoms with E-state index in [0.717, 1.165) is 20.1 Å². The fourth-order valence-corrected chi connectivity index (χ4v) is 4.85. The SMILES string of the molecule is CC(=O)OOC(C)=O.CC(C)(C)OC(=O)N1CC(C=O)C1.CC(C)(C)OC(=O)N1CC(CNc2cc(Cl)c(Br)cc2O)C1.Nc1cc(Cl)c(Br)cc1O.[B-]OC(C)=O.[Na+]. The first-order valence-corrected chi connectivity index (χ1v) is 19.4. The van der Waals surface area contributed by atoms with Gasteiger partial charge in [-0.3, -0.25) is 4.79 Å². The summed E-state index contributed by atoms with van der Waals surface area (Å²) < 4.78 is 15.3. The second-order valence-electron chi connectivity index (χ2n) is 14.3. The smallest absolute Gasteiger partial charge is 0.793 e. The summed E-state index contributed by atoms with van der Waals surface area (Å²) in [7, 11) is 4.32. The van der Waals surface area contributed by atoms with Crippen molar-refractivity contribution >= 4 is 111 Å². The van der Waals surface area contributed by atoms with Crippen molar-refractivity contribution < 1.29 is 92.4 Å². The number of nitrogens with zero attached hydrogens (tertiary/aromatic N) is 2. The topological polar surface area (TPSA) is 234 Å². The number of phenolic OH excluding ortho intramolecular Hbond substituents is 2. The Labute approximate surface area is 394 Å². The van der Waals surface area contributed by atoms with Gasteiger partial charge in [0.25, 0.3) is 0 Å². The van der Waals surface area contributed by atoms with E-state index in [4.69, 9.17) is 43.5 Å². The minimum absolute atomic E-state index is 0. The number of nitrogens with two attached hydrogens (primary N) is 1. The number of aldehydes is 1. The number of benzene rings is 2. The minimum Gasteiger partial charge on any atom is -0.793 e. The maximum Gasteiger partial charge on any atom is 1.00 e. The standard InChI is InChI=1S/C15H20BrClN2O3.C9H15NO3.C6H5BrClNO.C4H6O4.C2H3BO2.Na/c1-15(2,3)22-14(21)19-7-9(8-19)6-18-12-5-11(17)10(16)4-13(12)20;1-9(2,3)13-8(12)10-4-7(5-10)6-11;7-3-1-6(10)5(9)2-4(3)8;1-3(5)7-8-4(2)6;1-2(4)5-3;/h4-5,9,18,20H,6-8H2,1-3H3;6-7H,4-5H2,1-3H3;1-2,10H,9H2;1-2H3;1H3;/q;;;;-1;+1. The van der Waals surface area contributed by atoms with Crippen molar-refractivity contribution in [2.24, 2.45) is 11.8 Å². The van der Waals surface area contributed by atoms with Crippen LogP contribution in [-0.4, -0.2) is 108 Å². The molecule has 2 aliphatic heterocycles. The number of halogens is 4. The summed E-state index contributed by atoms with van der Waals surface area (Å²) in [5, 5.41) is 23.0. The molecule has 2 heterocycles. The zero-order valence-corrected chi connectivity index (χ0v) is 41.2. The number of anilines is 2. The van der Waals surface area contributed by atoms with Gasteiger partial charge in [-0.1, -0.05) is 23.2 Å². The number of aromatic hydroxyl groups is 2. The molecule has 0 aromatic heterocycles. The van der Waals surface area contributed by atoms with Crippen molar-refractivity contribution in [2.75, 3.05) is 43.8 Å². The first-order chi connectivity index (χ1) is 26.6. The van der Waals surface area contributed by atoms with E-state index < -0.39 is 29.1 Å². The zero-order valence-electron chi connectivity index (χ0n) is 34.5. The molecule has 0 atom stereocenters. The summed E-state index contributed by atoms with van der Waals surface area (Å²) in [6.07, 6.45) is 0.268. The predicted molar refractivity (Wildman–Crippen MR) is 224 cm³/mol. The second-order valence-corrected chi connectivity index (χ2v) is 16.8. The molecule has 0 aliphatic carbocycles. The van der Waals surface area contributed by atoms with Crippen LogP contribution in [0.5, 0.6) is 11.5 Å². The van der Waals surface area contributed by atoms with Gasteiger partial charge < -0.3 is 58.0 Å². The first kappa shape index (κ1) is 58.0. The van der Waals surface area contributed by atoms with Gasteiger partial charge in [0.2, 0.25) is 5.97 Å². The second kappa shape index (κ2) is 27.7. The number of phenols is 2. The minimum atomic E-state index is -0.639. The molecule has 5 N–H and O–H groups in total. The van der Waals surface area contributed by atoms with E-state index >= 15 is 0 Å². The Morgan fingerprint density at radius 1 is 0.797 bits per heavy atom. The Morgan fingerprint density at radius 3 is 1.54 bits per heavy atom. The fourth-order valence-electron chi connectivity index (χ4n) is 3.85. The van der Waals surface area contributed by atoms with Crippen molar-refractivity contribution in [3.05, 3.63) is 43.3 Å². The average Bonchev–Trinajstić information content (AvgIpc) is 3.03. The molecule has 0 saturated carbocycles. The predicted octanol–water partition coefficient (Wildman–Crippen LogP) is 4.19. The third kappa shape index (κ3) is 26.0. The largest absolute Gasteiger partial charge is 1.00 e. The van der Waals surface area contributed by atoms with Crippen LogP contribution in [0.2, 0.25) is 10.0 Å². The summed E-state index contributed by atoms with van der Waals surface area (Å²) in [6.45, 7) is 17.5. The van der Waals surface area contributed by atoms with E-state index in [1.807, 2.05) is 41.5 Å². The van der Waals surface area contributed by atoms with Crippen molar-refractivity contribution in [2.45, 2.75) is 73.5 Å². The van der Waals surface area contributed by atoms with Gasteiger partial charge in [0.05, 0.1) is 27.3 Å². The molecule has 4 rings (SSSR count). The number of likely N-dealkylation sites (tertiary alicyclic amines) is 2. The number of nitrogen functional groups attached to an aromatic ring is 1. The van der Waals surface area contributed by atoms with Gasteiger partial charge in [-0.05, 0) is 97.7 Å². The molecular weight excluding hydrogens is 961 g/mol. The van der Waals surface area contributed by atoms with Gasteiger partial charge in [-0.25, -0.2) is 29.0 Å². The molecule has 0 spiro atoms. The van der Waals surface area contributed by atoms with Gasteiger partial charge in [0, 0.05) is 68.4 Å². The molecule has 0 unspecified atom stereocenters. The molecule has 3 radical (unpaired) electrons. The maximum absolute atomic E-state index is 11.8. The van der Waals surface area contributed by atoms with Gasteiger partial charge in [0.1, 0.15) is 29.0 Å². The molecule has 2 aromatic carbocycles. The number of amides is 2. The third-order valence-electron chi connectivity index (χ3n) is 6.49. The van der Waals surface area contributed by atoms with Crippen LogP contribution in [0.1, 0.15) is 62.3 Å². The summed E-state index contributed by atoms with van der Waals surface area (Å²) in [5.74, 6) is -1.23. The molecule has 323 valence electrons. The van der Waals surface area contributed by atoms with Crippen LogP contribution in [0.15, 0.2) is 33.2 Å². The number of rotatable bonds is 4. The van der Waals surface area contributed by atoms with Gasteiger partial charge in [-0.15, -0.1) is 0 Å². The Morgan fingerprint density at radius 2 is 1.19 bits per heavy atom. The van der Waals surface area contributed by atoms with Gasteiger partial charge >= 0.3 is 53.7 Å². The molecule has 2 aliphatic rings. The molecule has 2 aromatic rings. The molecule has 23 heteroatoms. The van der Waals surface area contributed by atoms with Crippen LogP contribution < -0.4 is 40.6 Å². The molecule has 2 fully saturated rings. The Kier molecular flexibility index (Phi) is 27.2. The third-order valence-corrected chi connectivity index (χ3v) is 8.89. The maximum atomic E-state index is 11.8. The van der Waals surface area contributed by atoms with E-state index in [1.165, 1.54) is 24.0 Å². The average molecular weight is 1010 g/mol. The summed E-state index contributed by atoms with van der Waals surface area (Å²) in [5.41, 5.74) is 5.28. The van der Waals surface area contributed by atoms with Crippen LogP contribution >= 0.6 is 55.1 Å². The van der Waals surface area contributed by atoms with Crippen LogP contribution in [0.25, 0.3) is 0 Å². The van der Waals surface area contributed by atoms with E-state index in [2.05, 4.69) is 59.7 Å². The van der Waals surface area contributed by atoms with Crippen LogP contribution in [0, 0.1) is 11.8 Å².